The maximum absolute atomic E-state index is 12.1. The molecule has 0 bridgehead atoms. The van der Waals surface area contributed by atoms with Crippen LogP contribution >= 0.6 is 0 Å². The molecule has 9 heteroatoms. The number of urea groups is 1. The van der Waals surface area contributed by atoms with E-state index in [9.17, 15) is 14.4 Å². The van der Waals surface area contributed by atoms with Gasteiger partial charge in [0.2, 0.25) is 0 Å². The zero-order valence-corrected chi connectivity index (χ0v) is 14.0. The lowest BCUT2D eigenvalue weighted by Crippen LogP contribution is -2.56. The Morgan fingerprint density at radius 3 is 2.56 bits per heavy atom. The van der Waals surface area contributed by atoms with E-state index in [1.54, 1.807) is 31.2 Å². The number of hydrazine groups is 1. The first-order chi connectivity index (χ1) is 11.9. The highest BCUT2D eigenvalue weighted by Gasteiger charge is 2.25. The van der Waals surface area contributed by atoms with Crippen LogP contribution in [-0.2, 0) is 9.59 Å². The van der Waals surface area contributed by atoms with Gasteiger partial charge in [-0.05, 0) is 18.1 Å². The van der Waals surface area contributed by atoms with Crippen LogP contribution in [0.1, 0.15) is 25.8 Å². The summed E-state index contributed by atoms with van der Waals surface area (Å²) in [5, 5.41) is 11.3. The number of nitriles is 1. The van der Waals surface area contributed by atoms with Crippen molar-refractivity contribution in [1.29, 1.82) is 5.26 Å². The topological polar surface area (TPSA) is 146 Å². The normalized spacial score (nSPS) is 12.2. The van der Waals surface area contributed by atoms with Crippen LogP contribution in [0.15, 0.2) is 24.3 Å². The van der Waals surface area contributed by atoms with E-state index in [1.807, 2.05) is 13.0 Å². The lowest BCUT2D eigenvalue weighted by Gasteiger charge is -2.22. The Hall–Kier alpha value is -3.28. The fourth-order valence-corrected chi connectivity index (χ4v) is 1.93. The summed E-state index contributed by atoms with van der Waals surface area (Å²) in [6, 6.07) is 6.69. The molecule has 4 amide bonds. The van der Waals surface area contributed by atoms with Crippen molar-refractivity contribution >= 4 is 17.8 Å². The molecule has 5 N–H and O–H groups in total. The van der Waals surface area contributed by atoms with E-state index in [1.165, 1.54) is 0 Å². The summed E-state index contributed by atoms with van der Waals surface area (Å²) in [6.45, 7) is 3.23. The lowest BCUT2D eigenvalue weighted by atomic mass is 9.99. The Balaban J connectivity index is 2.53. The van der Waals surface area contributed by atoms with Crippen LogP contribution in [0.5, 0.6) is 5.75 Å². The summed E-state index contributed by atoms with van der Waals surface area (Å²) in [7, 11) is 0. The molecule has 2 atom stereocenters. The average molecular weight is 347 g/mol. The van der Waals surface area contributed by atoms with E-state index in [-0.39, 0.29) is 11.7 Å². The minimum absolute atomic E-state index is 0.178. The van der Waals surface area contributed by atoms with Gasteiger partial charge in [0.15, 0.2) is 6.61 Å². The molecule has 0 heterocycles. The number of primary amides is 1. The molecule has 1 rings (SSSR count). The third-order valence-corrected chi connectivity index (χ3v) is 3.48. The molecule has 0 aliphatic rings. The monoisotopic (exact) mass is 347 g/mol. The lowest BCUT2D eigenvalue weighted by molar-refractivity contribution is -0.131. The predicted molar refractivity (Wildman–Crippen MR) is 88.9 cm³/mol. The van der Waals surface area contributed by atoms with Gasteiger partial charge in [0.25, 0.3) is 11.8 Å². The average Bonchev–Trinajstić information content (AvgIpc) is 2.61. The van der Waals surface area contributed by atoms with Crippen molar-refractivity contribution in [3.05, 3.63) is 29.8 Å². The molecular formula is C16H21N5O4. The van der Waals surface area contributed by atoms with Crippen LogP contribution in [0.4, 0.5) is 4.79 Å². The fraction of sp³-hybridized carbons (Fsp3) is 0.375. The second-order valence-electron chi connectivity index (χ2n) is 5.31. The summed E-state index contributed by atoms with van der Waals surface area (Å²) in [5.41, 5.74) is 9.75. The Kier molecular flexibility index (Phi) is 7.72. The van der Waals surface area contributed by atoms with Gasteiger partial charge >= 0.3 is 6.03 Å². The maximum Gasteiger partial charge on any atom is 0.312 e. The minimum atomic E-state index is -0.872. The third-order valence-electron chi connectivity index (χ3n) is 3.48. The zero-order chi connectivity index (χ0) is 18.8. The van der Waals surface area contributed by atoms with E-state index >= 15 is 0 Å². The largest absolute Gasteiger partial charge is 0.482 e. The van der Waals surface area contributed by atoms with Crippen LogP contribution < -0.4 is 26.6 Å². The standard InChI is InChI=1S/C16H21N5O4/c1-3-10(2)14(19-16(18)24)15(23)21-20-13(22)9-25-12-7-5-4-6-11(12)8-17/h4-7,10,14H,3,9H2,1-2H3,(H,20,22)(H,21,23)(H3,18,19,24). The molecular weight excluding hydrogens is 326 g/mol. The summed E-state index contributed by atoms with van der Waals surface area (Å²) >= 11 is 0. The van der Waals surface area contributed by atoms with E-state index in [0.717, 1.165) is 0 Å². The molecule has 0 saturated carbocycles. The van der Waals surface area contributed by atoms with Gasteiger partial charge in [0.05, 0.1) is 5.56 Å². The van der Waals surface area contributed by atoms with Crippen molar-refractivity contribution in [2.75, 3.05) is 6.61 Å². The number of carbonyl (C=O) groups excluding carboxylic acids is 3. The number of nitrogens with two attached hydrogens (primary N) is 1. The van der Waals surface area contributed by atoms with Gasteiger partial charge in [-0.15, -0.1) is 0 Å². The molecule has 134 valence electrons. The van der Waals surface area contributed by atoms with Crippen molar-refractivity contribution in [2.24, 2.45) is 11.7 Å². The molecule has 2 unspecified atom stereocenters. The van der Waals surface area contributed by atoms with E-state index in [4.69, 9.17) is 15.7 Å². The molecule has 25 heavy (non-hydrogen) atoms. The highest BCUT2D eigenvalue weighted by atomic mass is 16.5. The second-order valence-corrected chi connectivity index (χ2v) is 5.31. The number of para-hydroxylation sites is 1. The third kappa shape index (κ3) is 6.39. The van der Waals surface area contributed by atoms with Gasteiger partial charge in [-0.1, -0.05) is 32.4 Å². The first-order valence-electron chi connectivity index (χ1n) is 7.65. The quantitative estimate of drug-likeness (QED) is 0.519. The van der Waals surface area contributed by atoms with Crippen molar-refractivity contribution < 1.29 is 19.1 Å². The van der Waals surface area contributed by atoms with Gasteiger partial charge in [-0.3, -0.25) is 20.4 Å². The van der Waals surface area contributed by atoms with Gasteiger partial charge in [-0.2, -0.15) is 5.26 Å². The molecule has 0 aliphatic carbocycles. The number of nitrogens with zero attached hydrogens (tertiary/aromatic N) is 1. The molecule has 0 saturated heterocycles. The van der Waals surface area contributed by atoms with Crippen molar-refractivity contribution in [2.45, 2.75) is 26.3 Å². The molecule has 0 aromatic heterocycles. The van der Waals surface area contributed by atoms with Gasteiger partial charge in [0.1, 0.15) is 17.9 Å². The molecule has 0 aliphatic heterocycles. The Bertz CT molecular complexity index is 671. The van der Waals surface area contributed by atoms with Crippen molar-refractivity contribution in [3.63, 3.8) is 0 Å². The molecule has 0 fully saturated rings. The number of hydrogen-bond acceptors (Lipinski definition) is 5. The smallest absolute Gasteiger partial charge is 0.312 e. The number of amides is 4. The first kappa shape index (κ1) is 19.8. The molecule has 1 aromatic rings. The zero-order valence-electron chi connectivity index (χ0n) is 14.0. The van der Waals surface area contributed by atoms with Gasteiger partial charge in [0, 0.05) is 0 Å². The van der Waals surface area contributed by atoms with Crippen molar-refractivity contribution in [3.8, 4) is 11.8 Å². The van der Waals surface area contributed by atoms with E-state index < -0.39 is 30.5 Å². The second kappa shape index (κ2) is 9.77. The van der Waals surface area contributed by atoms with Crippen molar-refractivity contribution in [1.82, 2.24) is 16.2 Å². The van der Waals surface area contributed by atoms with Crippen LogP contribution in [0.25, 0.3) is 0 Å². The van der Waals surface area contributed by atoms with Crippen LogP contribution in [0.2, 0.25) is 0 Å². The summed E-state index contributed by atoms with van der Waals surface area (Å²) < 4.78 is 5.24. The fourth-order valence-electron chi connectivity index (χ4n) is 1.93. The summed E-state index contributed by atoms with van der Waals surface area (Å²) in [4.78, 5) is 34.8. The van der Waals surface area contributed by atoms with Crippen LogP contribution in [0.3, 0.4) is 0 Å². The SMILES string of the molecule is CCC(C)C(NC(N)=O)C(=O)NNC(=O)COc1ccccc1C#N. The molecule has 0 radical (unpaired) electrons. The Morgan fingerprint density at radius 1 is 1.28 bits per heavy atom. The molecule has 9 nitrogen and oxygen atoms in total. The highest BCUT2D eigenvalue weighted by molar-refractivity contribution is 5.88. The van der Waals surface area contributed by atoms with Gasteiger partial charge < -0.3 is 15.8 Å². The summed E-state index contributed by atoms with van der Waals surface area (Å²) in [6.07, 6.45) is 0.625. The highest BCUT2D eigenvalue weighted by Crippen LogP contribution is 2.16. The molecule has 0 spiro atoms. The number of hydrogen-bond donors (Lipinski definition) is 4. The van der Waals surface area contributed by atoms with Gasteiger partial charge in [-0.25, -0.2) is 4.79 Å². The van der Waals surface area contributed by atoms with Crippen LogP contribution in [-0.4, -0.2) is 30.5 Å². The summed E-state index contributed by atoms with van der Waals surface area (Å²) in [5.74, 6) is -1.13. The number of nitrogens with one attached hydrogen (secondary N) is 3. The number of rotatable bonds is 7. The first-order valence-corrected chi connectivity index (χ1v) is 7.65. The molecule has 1 aromatic carbocycles. The van der Waals surface area contributed by atoms with E-state index in [0.29, 0.717) is 12.0 Å². The maximum atomic E-state index is 12.1. The number of carbonyl (C=O) groups is 3. The predicted octanol–water partition coefficient (Wildman–Crippen LogP) is 0.167. The number of benzene rings is 1. The Labute approximate surface area is 145 Å². The number of ether oxygens (including phenoxy) is 1. The van der Waals surface area contributed by atoms with Crippen LogP contribution in [0, 0.1) is 17.2 Å². The van der Waals surface area contributed by atoms with E-state index in [2.05, 4.69) is 16.2 Å². The minimum Gasteiger partial charge on any atom is -0.482 e. The Morgan fingerprint density at radius 2 is 1.96 bits per heavy atom.